The van der Waals surface area contributed by atoms with Crippen LogP contribution in [0.1, 0.15) is 19.8 Å². The van der Waals surface area contributed by atoms with Crippen LogP contribution in [0.5, 0.6) is 0 Å². The molecule has 0 unspecified atom stereocenters. The van der Waals surface area contributed by atoms with E-state index in [-0.39, 0.29) is 0 Å². The molecule has 0 aliphatic heterocycles. The van der Waals surface area contributed by atoms with Crippen LogP contribution < -0.4 is 0 Å². The van der Waals surface area contributed by atoms with E-state index in [2.05, 4.69) is 19.6 Å². The van der Waals surface area contributed by atoms with Crippen molar-refractivity contribution in [2.75, 3.05) is 5.75 Å². The number of unbranched alkanes of at least 4 members (excludes halogenated alkanes) is 1. The van der Waals surface area contributed by atoms with Gasteiger partial charge in [-0.1, -0.05) is 25.5 Å². The Hall–Kier alpha value is 0.0500. The number of hydrogen-bond acceptors (Lipinski definition) is 2. The topological polar surface area (TPSA) is 0 Å². The Morgan fingerprint density at radius 3 is 2.00 bits per heavy atom. The quantitative estimate of drug-likeness (QED) is 0.652. The van der Waals surface area contributed by atoms with Gasteiger partial charge in [-0.2, -0.15) is 24.0 Å². The van der Waals surface area contributed by atoms with E-state index < -0.39 is 0 Å². The molecule has 0 saturated heterocycles. The van der Waals surface area contributed by atoms with Gasteiger partial charge >= 0.3 is 0 Å². The number of hydrogen-bond donors (Lipinski definition) is 1. The first-order valence-corrected chi connectivity index (χ1v) is 5.07. The van der Waals surface area contributed by atoms with Gasteiger partial charge in [0.25, 0.3) is 0 Å². The fourth-order valence-electron chi connectivity index (χ4n) is 0.385. The first kappa shape index (κ1) is 10.0. The van der Waals surface area contributed by atoms with Gasteiger partial charge in [0.1, 0.15) is 0 Å². The zero-order valence-corrected chi connectivity index (χ0v) is 8.00. The largest absolute Gasteiger partial charge is 0.179 e. The fraction of sp³-hybridized carbons (Fsp3) is 0.500. The lowest BCUT2D eigenvalue weighted by atomic mass is 10.4. The van der Waals surface area contributed by atoms with Crippen LogP contribution in [-0.4, -0.2) is 5.75 Å². The van der Waals surface area contributed by atoms with E-state index in [1.54, 1.807) is 11.3 Å². The maximum Gasteiger partial charge on any atom is -0.00934 e. The molecule has 10 heavy (non-hydrogen) atoms. The Balaban J connectivity index is 0.000000162. The van der Waals surface area contributed by atoms with Gasteiger partial charge in [-0.15, -0.1) is 0 Å². The summed E-state index contributed by atoms with van der Waals surface area (Å²) in [4.78, 5) is 0. The van der Waals surface area contributed by atoms with Crippen LogP contribution >= 0.6 is 24.0 Å². The highest BCUT2D eigenvalue weighted by atomic mass is 32.1. The second-order valence-electron chi connectivity index (χ2n) is 1.87. The van der Waals surface area contributed by atoms with Crippen molar-refractivity contribution < 1.29 is 0 Å². The van der Waals surface area contributed by atoms with E-state index in [0.717, 1.165) is 5.75 Å². The van der Waals surface area contributed by atoms with Gasteiger partial charge in [-0.05, 0) is 22.9 Å². The first-order valence-electron chi connectivity index (χ1n) is 3.49. The molecule has 0 aliphatic carbocycles. The van der Waals surface area contributed by atoms with E-state index in [4.69, 9.17) is 0 Å². The van der Waals surface area contributed by atoms with Crippen LogP contribution in [0.15, 0.2) is 22.9 Å². The summed E-state index contributed by atoms with van der Waals surface area (Å²) >= 11 is 5.71. The molecule has 0 spiro atoms. The smallest absolute Gasteiger partial charge is 0.00934 e. The Morgan fingerprint density at radius 2 is 1.90 bits per heavy atom. The Labute approximate surface area is 72.7 Å². The lowest BCUT2D eigenvalue weighted by Crippen LogP contribution is -1.65. The van der Waals surface area contributed by atoms with Crippen molar-refractivity contribution in [2.24, 2.45) is 0 Å². The summed E-state index contributed by atoms with van der Waals surface area (Å²) in [5.41, 5.74) is 0. The maximum atomic E-state index is 4.00. The highest BCUT2D eigenvalue weighted by Gasteiger charge is 1.68. The van der Waals surface area contributed by atoms with E-state index in [1.165, 1.54) is 12.8 Å². The molecule has 0 atom stereocenters. The number of thiophene rings is 1. The van der Waals surface area contributed by atoms with E-state index in [9.17, 15) is 0 Å². The molecule has 1 aromatic rings. The lowest BCUT2D eigenvalue weighted by Gasteiger charge is -1.78. The molecule has 1 aromatic heterocycles. The van der Waals surface area contributed by atoms with Gasteiger partial charge in [0.05, 0.1) is 0 Å². The molecular formula is C8H14S2. The molecule has 0 amide bonds. The fourth-order valence-corrected chi connectivity index (χ4v) is 1.15. The predicted octanol–water partition coefficient (Wildman–Crippen LogP) is 3.46. The third-order valence-corrected chi connectivity index (χ3v) is 1.88. The van der Waals surface area contributed by atoms with Gasteiger partial charge in [0, 0.05) is 0 Å². The average molecular weight is 174 g/mol. The van der Waals surface area contributed by atoms with E-state index in [0.29, 0.717) is 0 Å². The molecule has 0 bridgehead atoms. The summed E-state index contributed by atoms with van der Waals surface area (Å²) in [6, 6.07) is 4.04. The number of rotatable bonds is 2. The molecule has 0 fully saturated rings. The van der Waals surface area contributed by atoms with E-state index in [1.807, 2.05) is 22.9 Å². The maximum absolute atomic E-state index is 4.00. The molecule has 58 valence electrons. The first-order chi connectivity index (χ1) is 4.91. The standard InChI is InChI=1S/C4H4S.C4H10S/c1-2-4-5-3-1;1-2-3-4-5/h1-4H;5H,2-4H2,1H3. The van der Waals surface area contributed by atoms with Gasteiger partial charge in [0.2, 0.25) is 0 Å². The molecule has 0 radical (unpaired) electrons. The molecule has 2 heteroatoms. The van der Waals surface area contributed by atoms with Gasteiger partial charge in [-0.25, -0.2) is 0 Å². The third kappa shape index (κ3) is 8.05. The molecule has 0 aromatic carbocycles. The molecule has 1 rings (SSSR count). The van der Waals surface area contributed by atoms with Crippen LogP contribution in [0.25, 0.3) is 0 Å². The lowest BCUT2D eigenvalue weighted by molar-refractivity contribution is 0.899. The summed E-state index contributed by atoms with van der Waals surface area (Å²) in [5, 5.41) is 4.08. The van der Waals surface area contributed by atoms with Crippen molar-refractivity contribution in [1.82, 2.24) is 0 Å². The van der Waals surface area contributed by atoms with Crippen molar-refractivity contribution in [3.8, 4) is 0 Å². The van der Waals surface area contributed by atoms with E-state index >= 15 is 0 Å². The zero-order valence-electron chi connectivity index (χ0n) is 6.29. The number of thiol groups is 1. The summed E-state index contributed by atoms with van der Waals surface area (Å²) in [6.07, 6.45) is 2.52. The summed E-state index contributed by atoms with van der Waals surface area (Å²) in [6.45, 7) is 2.16. The van der Waals surface area contributed by atoms with Crippen LogP contribution in [0, 0.1) is 0 Å². The average Bonchev–Trinajstić information content (AvgIpc) is 2.44. The summed E-state index contributed by atoms with van der Waals surface area (Å²) in [7, 11) is 0. The predicted molar refractivity (Wildman–Crippen MR) is 53.1 cm³/mol. The van der Waals surface area contributed by atoms with Crippen molar-refractivity contribution in [2.45, 2.75) is 19.8 Å². The second-order valence-corrected chi connectivity index (χ2v) is 3.13. The van der Waals surface area contributed by atoms with Crippen LogP contribution in [0.3, 0.4) is 0 Å². The molecule has 0 saturated carbocycles. The minimum absolute atomic E-state index is 1.04. The molecular weight excluding hydrogens is 160 g/mol. The Kier molecular flexibility index (Phi) is 9.10. The summed E-state index contributed by atoms with van der Waals surface area (Å²) in [5.74, 6) is 1.04. The molecule has 0 aliphatic rings. The monoisotopic (exact) mass is 174 g/mol. The van der Waals surface area contributed by atoms with Crippen LogP contribution in [-0.2, 0) is 0 Å². The Bertz CT molecular complexity index is 93.6. The van der Waals surface area contributed by atoms with Crippen molar-refractivity contribution in [1.29, 1.82) is 0 Å². The highest BCUT2D eigenvalue weighted by Crippen LogP contribution is 1.91. The van der Waals surface area contributed by atoms with Gasteiger partial charge in [0.15, 0.2) is 0 Å². The normalized spacial score (nSPS) is 8.20. The zero-order chi connectivity index (χ0) is 7.66. The van der Waals surface area contributed by atoms with Gasteiger partial charge in [-0.3, -0.25) is 0 Å². The molecule has 1 heterocycles. The summed E-state index contributed by atoms with van der Waals surface area (Å²) < 4.78 is 0. The SMILES string of the molecule is CCCCS.c1ccsc1. The van der Waals surface area contributed by atoms with Gasteiger partial charge < -0.3 is 0 Å². The van der Waals surface area contributed by atoms with Crippen molar-refractivity contribution in [3.63, 3.8) is 0 Å². The van der Waals surface area contributed by atoms with Crippen LogP contribution in [0.2, 0.25) is 0 Å². The highest BCUT2D eigenvalue weighted by molar-refractivity contribution is 7.80. The molecule has 0 N–H and O–H groups in total. The third-order valence-electron chi connectivity index (χ3n) is 0.937. The van der Waals surface area contributed by atoms with Crippen molar-refractivity contribution >= 4 is 24.0 Å². The van der Waals surface area contributed by atoms with Crippen LogP contribution in [0.4, 0.5) is 0 Å². The minimum Gasteiger partial charge on any atom is -0.179 e. The second kappa shape index (κ2) is 9.05. The molecule has 0 nitrogen and oxygen atoms in total. The Morgan fingerprint density at radius 1 is 1.30 bits per heavy atom. The van der Waals surface area contributed by atoms with Crippen molar-refractivity contribution in [3.05, 3.63) is 22.9 Å². The minimum atomic E-state index is 1.04.